The number of hydrogen-bond acceptors (Lipinski definition) is 3. The minimum Gasteiger partial charge on any atom is -0.369 e. The summed E-state index contributed by atoms with van der Waals surface area (Å²) in [6.07, 6.45) is 5.70. The van der Waals surface area contributed by atoms with Gasteiger partial charge in [0.25, 0.3) is 0 Å². The summed E-state index contributed by atoms with van der Waals surface area (Å²) in [6.45, 7) is 0.620. The topological polar surface area (TPSA) is 48.7 Å². The summed E-state index contributed by atoms with van der Waals surface area (Å²) in [7, 11) is 0. The second-order valence-electron chi connectivity index (χ2n) is 2.56. The van der Waals surface area contributed by atoms with Crippen LogP contribution in [-0.2, 0) is 0 Å². The lowest BCUT2D eigenvalue weighted by Crippen LogP contribution is -2.02. The normalized spacial score (nSPS) is 8.79. The van der Waals surface area contributed by atoms with Crippen molar-refractivity contribution in [2.75, 3.05) is 11.9 Å². The Kier molecular flexibility index (Phi) is 3.79. The molecular weight excluding hydrogens is 198 g/mol. The van der Waals surface area contributed by atoms with E-state index in [1.54, 1.807) is 6.07 Å². The van der Waals surface area contributed by atoms with Crippen molar-refractivity contribution in [3.63, 3.8) is 0 Å². The van der Waals surface area contributed by atoms with E-state index in [9.17, 15) is 0 Å². The van der Waals surface area contributed by atoms with E-state index in [0.29, 0.717) is 29.5 Å². The fourth-order valence-electron chi connectivity index (χ4n) is 0.915. The molecule has 0 amide bonds. The number of terminal acetylenes is 1. The van der Waals surface area contributed by atoms with E-state index in [4.69, 9.17) is 23.3 Å². The summed E-state index contributed by atoms with van der Waals surface area (Å²) in [5, 5.41) is 11.9. The number of anilines is 1. The first-order valence-electron chi connectivity index (χ1n) is 4.01. The van der Waals surface area contributed by atoms with Gasteiger partial charge in [-0.25, -0.2) is 4.98 Å². The molecule has 3 nitrogen and oxygen atoms in total. The van der Waals surface area contributed by atoms with Crippen LogP contribution >= 0.6 is 11.6 Å². The van der Waals surface area contributed by atoms with E-state index in [-0.39, 0.29) is 0 Å². The predicted molar refractivity (Wildman–Crippen MR) is 55.9 cm³/mol. The molecule has 0 unspecified atom stereocenters. The summed E-state index contributed by atoms with van der Waals surface area (Å²) in [5.41, 5.74) is 0.480. The molecule has 0 aromatic carbocycles. The van der Waals surface area contributed by atoms with Crippen molar-refractivity contribution >= 4 is 17.4 Å². The molecule has 14 heavy (non-hydrogen) atoms. The molecule has 0 spiro atoms. The van der Waals surface area contributed by atoms with Crippen LogP contribution in [0.1, 0.15) is 12.0 Å². The third-order valence-corrected chi connectivity index (χ3v) is 1.69. The summed E-state index contributed by atoms with van der Waals surface area (Å²) in [4.78, 5) is 3.99. The van der Waals surface area contributed by atoms with Crippen molar-refractivity contribution < 1.29 is 0 Å². The monoisotopic (exact) mass is 205 g/mol. The summed E-state index contributed by atoms with van der Waals surface area (Å²) in [6, 6.07) is 5.13. The van der Waals surface area contributed by atoms with Crippen LogP contribution in [0.4, 0.5) is 5.82 Å². The Labute approximate surface area is 87.7 Å². The first kappa shape index (κ1) is 10.4. The van der Waals surface area contributed by atoms with E-state index in [1.807, 2.05) is 6.07 Å². The number of nitrogens with zero attached hydrogens (tertiary/aromatic N) is 2. The Balaban J connectivity index is 2.74. The Hall–Kier alpha value is -1.71. The van der Waals surface area contributed by atoms with Crippen molar-refractivity contribution in [1.82, 2.24) is 4.98 Å². The first-order chi connectivity index (χ1) is 6.76. The molecule has 1 aromatic rings. The van der Waals surface area contributed by atoms with Crippen LogP contribution in [-0.4, -0.2) is 11.5 Å². The maximum atomic E-state index is 8.66. The molecule has 4 heteroatoms. The highest BCUT2D eigenvalue weighted by atomic mass is 35.5. The van der Waals surface area contributed by atoms with Crippen molar-refractivity contribution in [3.05, 3.63) is 22.8 Å². The Morgan fingerprint density at radius 3 is 3.00 bits per heavy atom. The average molecular weight is 206 g/mol. The molecular formula is C10H8ClN3. The van der Waals surface area contributed by atoms with E-state index < -0.39 is 0 Å². The van der Waals surface area contributed by atoms with Crippen molar-refractivity contribution in [1.29, 1.82) is 5.26 Å². The smallest absolute Gasteiger partial charge is 0.132 e. The van der Waals surface area contributed by atoms with Gasteiger partial charge in [0.2, 0.25) is 0 Å². The molecule has 0 saturated carbocycles. The van der Waals surface area contributed by atoms with Crippen LogP contribution < -0.4 is 5.32 Å². The SMILES string of the molecule is C#CCCNc1cc(C#N)cc(Cl)n1. The van der Waals surface area contributed by atoms with E-state index in [2.05, 4.69) is 16.2 Å². The Bertz CT molecular complexity index is 401. The van der Waals surface area contributed by atoms with E-state index in [1.165, 1.54) is 6.07 Å². The van der Waals surface area contributed by atoms with Gasteiger partial charge in [-0.1, -0.05) is 11.6 Å². The molecule has 0 aliphatic rings. The maximum absolute atomic E-state index is 8.66. The lowest BCUT2D eigenvalue weighted by Gasteiger charge is -2.03. The second kappa shape index (κ2) is 5.11. The Morgan fingerprint density at radius 1 is 1.57 bits per heavy atom. The van der Waals surface area contributed by atoms with Crippen LogP contribution in [0, 0.1) is 23.7 Å². The third-order valence-electron chi connectivity index (χ3n) is 1.50. The van der Waals surface area contributed by atoms with Crippen molar-refractivity contribution in [2.45, 2.75) is 6.42 Å². The van der Waals surface area contributed by atoms with Gasteiger partial charge in [-0.2, -0.15) is 5.26 Å². The van der Waals surface area contributed by atoms with Gasteiger partial charge < -0.3 is 5.32 Å². The molecule has 0 aliphatic heterocycles. The predicted octanol–water partition coefficient (Wildman–Crippen LogP) is 2.04. The van der Waals surface area contributed by atoms with Gasteiger partial charge in [0.05, 0.1) is 11.6 Å². The van der Waals surface area contributed by atoms with Gasteiger partial charge in [-0.15, -0.1) is 12.3 Å². The quantitative estimate of drug-likeness (QED) is 0.467. The van der Waals surface area contributed by atoms with Gasteiger partial charge >= 0.3 is 0 Å². The number of nitriles is 1. The molecule has 70 valence electrons. The fraction of sp³-hybridized carbons (Fsp3) is 0.200. The largest absolute Gasteiger partial charge is 0.369 e. The molecule has 1 heterocycles. The Morgan fingerprint density at radius 2 is 2.36 bits per heavy atom. The van der Waals surface area contributed by atoms with Crippen molar-refractivity contribution in [3.8, 4) is 18.4 Å². The van der Waals surface area contributed by atoms with Crippen molar-refractivity contribution in [2.24, 2.45) is 0 Å². The molecule has 0 fully saturated rings. The zero-order chi connectivity index (χ0) is 10.4. The van der Waals surface area contributed by atoms with Gasteiger partial charge in [0.15, 0.2) is 0 Å². The molecule has 0 saturated heterocycles. The molecule has 0 radical (unpaired) electrons. The fourth-order valence-corrected chi connectivity index (χ4v) is 1.12. The number of halogens is 1. The number of pyridine rings is 1. The first-order valence-corrected chi connectivity index (χ1v) is 4.39. The highest BCUT2D eigenvalue weighted by Crippen LogP contribution is 2.13. The van der Waals surface area contributed by atoms with Gasteiger partial charge in [0.1, 0.15) is 11.0 Å². The standard InChI is InChI=1S/C10H8ClN3/c1-2-3-4-13-10-6-8(7-12)5-9(11)14-10/h1,5-6H,3-4H2,(H,13,14). The van der Waals surface area contributed by atoms with Crippen LogP contribution in [0.2, 0.25) is 5.15 Å². The zero-order valence-electron chi connectivity index (χ0n) is 7.42. The number of rotatable bonds is 3. The van der Waals surface area contributed by atoms with Gasteiger partial charge in [-0.05, 0) is 12.1 Å². The molecule has 0 aliphatic carbocycles. The van der Waals surface area contributed by atoms with Gasteiger partial charge in [0, 0.05) is 13.0 Å². The summed E-state index contributed by atoms with van der Waals surface area (Å²) in [5.74, 6) is 3.07. The van der Waals surface area contributed by atoms with Crippen LogP contribution in [0.3, 0.4) is 0 Å². The number of aromatic nitrogens is 1. The maximum Gasteiger partial charge on any atom is 0.132 e. The third kappa shape index (κ3) is 2.97. The lowest BCUT2D eigenvalue weighted by atomic mass is 10.3. The number of nitrogens with one attached hydrogen (secondary N) is 1. The van der Waals surface area contributed by atoms with Crippen LogP contribution in [0.15, 0.2) is 12.1 Å². The summed E-state index contributed by atoms with van der Waals surface area (Å²) < 4.78 is 0. The average Bonchev–Trinajstić information content (AvgIpc) is 2.17. The van der Waals surface area contributed by atoms with E-state index >= 15 is 0 Å². The van der Waals surface area contributed by atoms with E-state index in [0.717, 1.165) is 0 Å². The second-order valence-corrected chi connectivity index (χ2v) is 2.94. The molecule has 1 aromatic heterocycles. The lowest BCUT2D eigenvalue weighted by molar-refractivity contribution is 1.07. The van der Waals surface area contributed by atoms with Crippen LogP contribution in [0.25, 0.3) is 0 Å². The molecule has 1 rings (SSSR count). The minimum atomic E-state index is 0.298. The number of hydrogen-bond donors (Lipinski definition) is 1. The minimum absolute atomic E-state index is 0.298. The summed E-state index contributed by atoms with van der Waals surface area (Å²) >= 11 is 5.70. The van der Waals surface area contributed by atoms with Gasteiger partial charge in [-0.3, -0.25) is 0 Å². The zero-order valence-corrected chi connectivity index (χ0v) is 8.17. The highest BCUT2D eigenvalue weighted by molar-refractivity contribution is 6.29. The molecule has 0 bridgehead atoms. The van der Waals surface area contributed by atoms with Crippen LogP contribution in [0.5, 0.6) is 0 Å². The highest BCUT2D eigenvalue weighted by Gasteiger charge is 1.99. The molecule has 0 atom stereocenters. The molecule has 1 N–H and O–H groups in total.